The van der Waals surface area contributed by atoms with Crippen LogP contribution in [0, 0.1) is 5.41 Å². The molecule has 0 unspecified atom stereocenters. The van der Waals surface area contributed by atoms with Gasteiger partial charge < -0.3 is 22.1 Å². The minimum atomic E-state index is -0.543. The Morgan fingerprint density at radius 3 is 2.31 bits per heavy atom. The van der Waals surface area contributed by atoms with Crippen molar-refractivity contribution in [3.8, 4) is 0 Å². The van der Waals surface area contributed by atoms with Gasteiger partial charge in [0.1, 0.15) is 0 Å². The molecule has 0 heterocycles. The minimum Gasteiger partial charge on any atom is -0.370 e. The van der Waals surface area contributed by atoms with Crippen LogP contribution in [0.5, 0.6) is 0 Å². The highest BCUT2D eigenvalue weighted by Gasteiger charge is 2.01. The molecule has 0 saturated heterocycles. The van der Waals surface area contributed by atoms with Gasteiger partial charge in [0.05, 0.1) is 6.54 Å². The average Bonchev–Trinajstić information content (AvgIpc) is 2.19. The molecule has 0 spiro atoms. The van der Waals surface area contributed by atoms with Gasteiger partial charge in [-0.05, 0) is 12.8 Å². The Hall–Kier alpha value is -1.79. The molecule has 7 nitrogen and oxygen atoms in total. The van der Waals surface area contributed by atoms with Gasteiger partial charge in [-0.25, -0.2) is 0 Å². The summed E-state index contributed by atoms with van der Waals surface area (Å²) in [6, 6.07) is 0. The molecule has 0 aliphatic heterocycles. The number of unbranched alkanes of at least 4 members (excludes halogenated alkanes) is 2. The molecule has 16 heavy (non-hydrogen) atoms. The van der Waals surface area contributed by atoms with E-state index >= 15 is 0 Å². The zero-order valence-corrected chi connectivity index (χ0v) is 9.21. The van der Waals surface area contributed by atoms with E-state index in [1.165, 1.54) is 0 Å². The molecule has 0 aliphatic carbocycles. The van der Waals surface area contributed by atoms with E-state index in [1.807, 2.05) is 0 Å². The molecule has 7 N–H and O–H groups in total. The predicted octanol–water partition coefficient (Wildman–Crippen LogP) is -1.37. The molecule has 0 saturated carbocycles. The number of rotatable bonds is 8. The first-order valence-corrected chi connectivity index (χ1v) is 5.15. The summed E-state index contributed by atoms with van der Waals surface area (Å²) in [5.74, 6) is -0.753. The summed E-state index contributed by atoms with van der Waals surface area (Å²) in [6.07, 6.45) is 2.84. The quantitative estimate of drug-likeness (QED) is 0.199. The van der Waals surface area contributed by atoms with E-state index in [-0.39, 0.29) is 18.4 Å². The van der Waals surface area contributed by atoms with Gasteiger partial charge in [-0.15, -0.1) is 0 Å². The highest BCUT2D eigenvalue weighted by atomic mass is 16.2. The molecule has 92 valence electrons. The van der Waals surface area contributed by atoms with Crippen LogP contribution >= 0.6 is 0 Å². The number of nitrogens with one attached hydrogen (secondary N) is 3. The number of carbonyl (C=O) groups is 2. The molecule has 0 fully saturated rings. The van der Waals surface area contributed by atoms with E-state index in [0.717, 1.165) is 19.3 Å². The van der Waals surface area contributed by atoms with E-state index in [4.69, 9.17) is 16.9 Å². The first-order chi connectivity index (χ1) is 7.52. The number of hydrogen-bond acceptors (Lipinski definition) is 3. The fourth-order valence-electron chi connectivity index (χ4n) is 1.08. The largest absolute Gasteiger partial charge is 0.370 e. The third-order valence-corrected chi connectivity index (χ3v) is 1.86. The Morgan fingerprint density at radius 2 is 1.75 bits per heavy atom. The SMILES string of the molecule is N=C(N)NCCCCCC(=O)NCC(N)=O. The van der Waals surface area contributed by atoms with Crippen molar-refractivity contribution in [1.82, 2.24) is 10.6 Å². The molecular weight excluding hydrogens is 210 g/mol. The van der Waals surface area contributed by atoms with Crippen molar-refractivity contribution in [2.75, 3.05) is 13.1 Å². The lowest BCUT2D eigenvalue weighted by Crippen LogP contribution is -2.33. The average molecular weight is 229 g/mol. The molecule has 0 aromatic carbocycles. The summed E-state index contributed by atoms with van der Waals surface area (Å²) in [5, 5.41) is 12.0. The normalized spacial score (nSPS) is 9.50. The number of guanidine groups is 1. The summed E-state index contributed by atoms with van der Waals surface area (Å²) < 4.78 is 0. The summed E-state index contributed by atoms with van der Waals surface area (Å²) in [7, 11) is 0. The Balaban J connectivity index is 3.27. The van der Waals surface area contributed by atoms with Gasteiger partial charge in [-0.2, -0.15) is 0 Å². The minimum absolute atomic E-state index is 0.0424. The second-order valence-electron chi connectivity index (χ2n) is 3.39. The van der Waals surface area contributed by atoms with Crippen LogP contribution in [-0.2, 0) is 9.59 Å². The van der Waals surface area contributed by atoms with Crippen LogP contribution < -0.4 is 22.1 Å². The number of hydrogen-bond donors (Lipinski definition) is 5. The number of amides is 2. The van der Waals surface area contributed by atoms with Crippen LogP contribution in [0.15, 0.2) is 0 Å². The van der Waals surface area contributed by atoms with E-state index in [1.54, 1.807) is 0 Å². The second-order valence-corrected chi connectivity index (χ2v) is 3.39. The molecule has 0 aromatic rings. The van der Waals surface area contributed by atoms with Gasteiger partial charge in [0.25, 0.3) is 0 Å². The molecular formula is C9H19N5O2. The summed E-state index contributed by atoms with van der Waals surface area (Å²) in [4.78, 5) is 21.4. The van der Waals surface area contributed by atoms with Crippen molar-refractivity contribution < 1.29 is 9.59 Å². The van der Waals surface area contributed by atoms with Gasteiger partial charge >= 0.3 is 0 Å². The van der Waals surface area contributed by atoms with Crippen molar-refractivity contribution in [2.24, 2.45) is 11.5 Å². The van der Waals surface area contributed by atoms with Crippen LogP contribution in [0.25, 0.3) is 0 Å². The maximum Gasteiger partial charge on any atom is 0.236 e. The lowest BCUT2D eigenvalue weighted by atomic mass is 10.2. The van der Waals surface area contributed by atoms with E-state index in [9.17, 15) is 9.59 Å². The topological polar surface area (TPSA) is 134 Å². The number of carbonyl (C=O) groups excluding carboxylic acids is 2. The van der Waals surface area contributed by atoms with Gasteiger partial charge in [0, 0.05) is 13.0 Å². The molecule has 0 aromatic heterocycles. The second kappa shape index (κ2) is 8.51. The smallest absolute Gasteiger partial charge is 0.236 e. The van der Waals surface area contributed by atoms with Crippen LogP contribution in [0.3, 0.4) is 0 Å². The van der Waals surface area contributed by atoms with Crippen LogP contribution in [0.4, 0.5) is 0 Å². The molecule has 0 aliphatic rings. The van der Waals surface area contributed by atoms with Crippen molar-refractivity contribution in [3.63, 3.8) is 0 Å². The van der Waals surface area contributed by atoms with Gasteiger partial charge in [-0.3, -0.25) is 15.0 Å². The van der Waals surface area contributed by atoms with Gasteiger partial charge in [0.15, 0.2) is 5.96 Å². The molecule has 2 amide bonds. The Kier molecular flexibility index (Phi) is 7.56. The highest BCUT2D eigenvalue weighted by molar-refractivity contribution is 5.83. The third kappa shape index (κ3) is 10.3. The van der Waals surface area contributed by atoms with Crippen molar-refractivity contribution in [3.05, 3.63) is 0 Å². The lowest BCUT2D eigenvalue weighted by Gasteiger charge is -2.04. The molecule has 0 atom stereocenters. The third-order valence-electron chi connectivity index (χ3n) is 1.86. The standard InChI is InChI=1S/C9H19N5O2/c10-7(15)6-14-8(16)4-2-1-3-5-13-9(11)12/h1-6H2,(H2,10,15)(H,14,16)(H4,11,12,13). The predicted molar refractivity (Wildman–Crippen MR) is 60.6 cm³/mol. The molecule has 0 bridgehead atoms. The van der Waals surface area contributed by atoms with Crippen molar-refractivity contribution in [1.29, 1.82) is 5.41 Å². The summed E-state index contributed by atoms with van der Waals surface area (Å²) in [6.45, 7) is 0.531. The molecule has 7 heteroatoms. The molecule has 0 rings (SSSR count). The first kappa shape index (κ1) is 14.2. The fraction of sp³-hybridized carbons (Fsp3) is 0.667. The summed E-state index contributed by atoms with van der Waals surface area (Å²) in [5.41, 5.74) is 9.96. The summed E-state index contributed by atoms with van der Waals surface area (Å²) >= 11 is 0. The van der Waals surface area contributed by atoms with Gasteiger partial charge in [0.2, 0.25) is 11.8 Å². The monoisotopic (exact) mass is 229 g/mol. The highest BCUT2D eigenvalue weighted by Crippen LogP contribution is 1.98. The number of primary amides is 1. The van der Waals surface area contributed by atoms with Crippen LogP contribution in [0.2, 0.25) is 0 Å². The molecule has 0 radical (unpaired) electrons. The Morgan fingerprint density at radius 1 is 1.06 bits per heavy atom. The zero-order valence-electron chi connectivity index (χ0n) is 9.21. The Bertz CT molecular complexity index is 254. The maximum absolute atomic E-state index is 11.1. The van der Waals surface area contributed by atoms with Crippen molar-refractivity contribution >= 4 is 17.8 Å². The van der Waals surface area contributed by atoms with Gasteiger partial charge in [-0.1, -0.05) is 6.42 Å². The Labute approximate surface area is 94.4 Å². The fourth-order valence-corrected chi connectivity index (χ4v) is 1.08. The van der Waals surface area contributed by atoms with E-state index in [2.05, 4.69) is 10.6 Å². The maximum atomic E-state index is 11.1. The lowest BCUT2D eigenvalue weighted by molar-refractivity contribution is -0.124. The van der Waals surface area contributed by atoms with Crippen molar-refractivity contribution in [2.45, 2.75) is 25.7 Å². The van der Waals surface area contributed by atoms with Crippen LogP contribution in [-0.4, -0.2) is 30.9 Å². The number of nitrogens with two attached hydrogens (primary N) is 2. The first-order valence-electron chi connectivity index (χ1n) is 5.15. The van der Waals surface area contributed by atoms with E-state index < -0.39 is 5.91 Å². The van der Waals surface area contributed by atoms with Crippen LogP contribution in [0.1, 0.15) is 25.7 Å². The zero-order chi connectivity index (χ0) is 12.4. The van der Waals surface area contributed by atoms with E-state index in [0.29, 0.717) is 13.0 Å².